The second-order valence-corrected chi connectivity index (χ2v) is 6.25. The summed E-state index contributed by atoms with van der Waals surface area (Å²) in [6.07, 6.45) is 0. The van der Waals surface area contributed by atoms with E-state index in [1.54, 1.807) is 25.3 Å². The molecule has 0 aromatic heterocycles. The summed E-state index contributed by atoms with van der Waals surface area (Å²) >= 11 is 3.32. The quantitative estimate of drug-likeness (QED) is 0.865. The molecule has 0 spiro atoms. The van der Waals surface area contributed by atoms with Gasteiger partial charge in [0.15, 0.2) is 0 Å². The van der Waals surface area contributed by atoms with Crippen LogP contribution in [0, 0.1) is 0 Å². The summed E-state index contributed by atoms with van der Waals surface area (Å²) in [4.78, 5) is 11.9. The molecule has 6 heteroatoms. The van der Waals surface area contributed by atoms with Gasteiger partial charge in [-0.05, 0) is 34.1 Å². The molecule has 1 aromatic carbocycles. The molecule has 0 radical (unpaired) electrons. The number of rotatable bonds is 6. The van der Waals surface area contributed by atoms with Crippen molar-refractivity contribution in [2.75, 3.05) is 25.2 Å². The molecule has 0 heterocycles. The number of hydrogen-bond donors (Lipinski definition) is 1. The monoisotopic (exact) mass is 333 g/mol. The Balaban J connectivity index is 2.63. The largest absolute Gasteiger partial charge is 0.497 e. The number of nitrogens with one attached hydrogen (secondary N) is 1. The molecule has 0 bridgehead atoms. The van der Waals surface area contributed by atoms with Crippen LogP contribution in [0.15, 0.2) is 22.7 Å². The molecular weight excluding hydrogens is 318 g/mol. The van der Waals surface area contributed by atoms with Crippen LogP contribution in [0.1, 0.15) is 17.3 Å². The number of ether oxygens (including phenoxy) is 1. The molecule has 1 atom stereocenters. The van der Waals surface area contributed by atoms with Gasteiger partial charge in [0.1, 0.15) is 5.75 Å². The van der Waals surface area contributed by atoms with Crippen molar-refractivity contribution in [1.82, 2.24) is 5.32 Å². The molecule has 1 unspecified atom stereocenters. The van der Waals surface area contributed by atoms with E-state index < -0.39 is 10.8 Å². The molecule has 1 rings (SSSR count). The number of hydrogen-bond acceptors (Lipinski definition) is 3. The summed E-state index contributed by atoms with van der Waals surface area (Å²) in [6.45, 7) is 2.26. The summed E-state index contributed by atoms with van der Waals surface area (Å²) in [5.41, 5.74) is 0.511. The van der Waals surface area contributed by atoms with Crippen LogP contribution >= 0.6 is 15.9 Å². The first-order chi connectivity index (χ1) is 8.58. The van der Waals surface area contributed by atoms with Gasteiger partial charge in [-0.1, -0.05) is 6.92 Å². The van der Waals surface area contributed by atoms with Crippen molar-refractivity contribution in [3.8, 4) is 5.75 Å². The van der Waals surface area contributed by atoms with E-state index in [4.69, 9.17) is 4.74 Å². The zero-order chi connectivity index (χ0) is 13.5. The van der Waals surface area contributed by atoms with Gasteiger partial charge < -0.3 is 10.1 Å². The van der Waals surface area contributed by atoms with Crippen LogP contribution in [0.5, 0.6) is 5.75 Å². The first kappa shape index (κ1) is 15.2. The Morgan fingerprint density at radius 2 is 2.22 bits per heavy atom. The van der Waals surface area contributed by atoms with Crippen LogP contribution in [0.4, 0.5) is 0 Å². The van der Waals surface area contributed by atoms with E-state index in [0.717, 1.165) is 0 Å². The van der Waals surface area contributed by atoms with Crippen molar-refractivity contribution in [3.05, 3.63) is 28.2 Å². The third-order valence-electron chi connectivity index (χ3n) is 2.36. The maximum Gasteiger partial charge on any atom is 0.252 e. The van der Waals surface area contributed by atoms with Crippen molar-refractivity contribution in [2.45, 2.75) is 6.92 Å². The van der Waals surface area contributed by atoms with Crippen LogP contribution in [0.2, 0.25) is 0 Å². The highest BCUT2D eigenvalue weighted by Crippen LogP contribution is 2.22. The van der Waals surface area contributed by atoms with Crippen molar-refractivity contribution in [3.63, 3.8) is 0 Å². The summed E-state index contributed by atoms with van der Waals surface area (Å²) in [6, 6.07) is 5.20. The van der Waals surface area contributed by atoms with Crippen molar-refractivity contribution >= 4 is 32.6 Å². The summed E-state index contributed by atoms with van der Waals surface area (Å²) in [5.74, 6) is 1.51. The second-order valence-electron chi connectivity index (χ2n) is 3.53. The fraction of sp³-hybridized carbons (Fsp3) is 0.417. The van der Waals surface area contributed by atoms with E-state index in [1.807, 2.05) is 6.92 Å². The van der Waals surface area contributed by atoms with Crippen LogP contribution in [-0.4, -0.2) is 35.3 Å². The number of carbonyl (C=O) groups excluding carboxylic acids is 1. The molecule has 0 aliphatic heterocycles. The average Bonchev–Trinajstić information content (AvgIpc) is 2.38. The third-order valence-corrected chi connectivity index (χ3v) is 4.35. The highest BCUT2D eigenvalue weighted by Gasteiger charge is 2.11. The van der Waals surface area contributed by atoms with Gasteiger partial charge in [-0.15, -0.1) is 0 Å². The minimum atomic E-state index is -0.862. The average molecular weight is 334 g/mol. The molecule has 1 amide bonds. The van der Waals surface area contributed by atoms with Crippen molar-refractivity contribution in [2.24, 2.45) is 0 Å². The minimum Gasteiger partial charge on any atom is -0.497 e. The highest BCUT2D eigenvalue weighted by molar-refractivity contribution is 9.10. The van der Waals surface area contributed by atoms with Gasteiger partial charge in [0.2, 0.25) is 0 Å². The minimum absolute atomic E-state index is 0.200. The Labute approximate surface area is 118 Å². The zero-order valence-electron chi connectivity index (χ0n) is 10.4. The summed E-state index contributed by atoms with van der Waals surface area (Å²) < 4.78 is 17.0. The van der Waals surface area contributed by atoms with Gasteiger partial charge in [-0.2, -0.15) is 0 Å². The molecule has 0 saturated carbocycles. The summed E-state index contributed by atoms with van der Waals surface area (Å²) in [7, 11) is 0.689. The van der Waals surface area contributed by atoms with Crippen LogP contribution in [0.25, 0.3) is 0 Å². The molecule has 4 nitrogen and oxygen atoms in total. The molecule has 0 aliphatic rings. The number of methoxy groups -OCH3 is 1. The highest BCUT2D eigenvalue weighted by atomic mass is 79.9. The van der Waals surface area contributed by atoms with Crippen LogP contribution in [0.3, 0.4) is 0 Å². The maximum absolute atomic E-state index is 11.9. The lowest BCUT2D eigenvalue weighted by Crippen LogP contribution is -2.28. The van der Waals surface area contributed by atoms with Gasteiger partial charge in [0, 0.05) is 33.3 Å². The van der Waals surface area contributed by atoms with Gasteiger partial charge >= 0.3 is 0 Å². The van der Waals surface area contributed by atoms with Crippen LogP contribution in [-0.2, 0) is 10.8 Å². The lowest BCUT2D eigenvalue weighted by atomic mass is 10.2. The van der Waals surface area contributed by atoms with E-state index in [2.05, 4.69) is 21.2 Å². The Hall–Kier alpha value is -0.880. The molecule has 18 heavy (non-hydrogen) atoms. The molecule has 1 N–H and O–H groups in total. The third kappa shape index (κ3) is 4.42. The molecular formula is C12H16BrNO3S. The summed E-state index contributed by atoms with van der Waals surface area (Å²) in [5, 5.41) is 2.74. The SMILES string of the molecule is CCS(=O)CCNC(=O)c1cc(OC)ccc1Br. The molecule has 0 fully saturated rings. The predicted octanol–water partition coefficient (Wildman–Crippen LogP) is 1.96. The van der Waals surface area contributed by atoms with Gasteiger partial charge in [-0.3, -0.25) is 9.00 Å². The first-order valence-electron chi connectivity index (χ1n) is 5.55. The standard InChI is InChI=1S/C12H16BrNO3S/c1-3-18(16)7-6-14-12(15)10-8-9(17-2)4-5-11(10)13/h4-5,8H,3,6-7H2,1-2H3,(H,14,15). The molecule has 0 saturated heterocycles. The molecule has 0 aliphatic carbocycles. The number of carbonyl (C=O) groups is 1. The van der Waals surface area contributed by atoms with Crippen molar-refractivity contribution < 1.29 is 13.7 Å². The fourth-order valence-electron chi connectivity index (χ4n) is 1.32. The Kier molecular flexibility index (Phi) is 6.35. The topological polar surface area (TPSA) is 55.4 Å². The maximum atomic E-state index is 11.9. The lowest BCUT2D eigenvalue weighted by molar-refractivity contribution is 0.0955. The van der Waals surface area contributed by atoms with E-state index in [1.165, 1.54) is 0 Å². The van der Waals surface area contributed by atoms with Crippen molar-refractivity contribution in [1.29, 1.82) is 0 Å². The Bertz CT molecular complexity index is 451. The van der Waals surface area contributed by atoms with Gasteiger partial charge in [0.05, 0.1) is 12.7 Å². The number of halogens is 1. The second kappa shape index (κ2) is 7.53. The smallest absolute Gasteiger partial charge is 0.252 e. The zero-order valence-corrected chi connectivity index (χ0v) is 12.8. The normalized spacial score (nSPS) is 11.9. The van der Waals surface area contributed by atoms with E-state index in [9.17, 15) is 9.00 Å². The van der Waals surface area contributed by atoms with E-state index >= 15 is 0 Å². The lowest BCUT2D eigenvalue weighted by Gasteiger charge is -2.08. The Morgan fingerprint density at radius 3 is 2.83 bits per heavy atom. The Morgan fingerprint density at radius 1 is 1.50 bits per heavy atom. The van der Waals surface area contributed by atoms with Gasteiger partial charge in [0.25, 0.3) is 5.91 Å². The van der Waals surface area contributed by atoms with Crippen LogP contribution < -0.4 is 10.1 Å². The predicted molar refractivity (Wildman–Crippen MR) is 76.6 cm³/mol. The first-order valence-corrected chi connectivity index (χ1v) is 7.83. The number of benzene rings is 1. The van der Waals surface area contributed by atoms with E-state index in [0.29, 0.717) is 33.8 Å². The molecule has 100 valence electrons. The van der Waals surface area contributed by atoms with Gasteiger partial charge in [-0.25, -0.2) is 0 Å². The fourth-order valence-corrected chi connectivity index (χ4v) is 2.37. The number of amides is 1. The molecule has 1 aromatic rings. The van der Waals surface area contributed by atoms with E-state index in [-0.39, 0.29) is 5.91 Å².